The van der Waals surface area contributed by atoms with Crippen LogP contribution in [0.15, 0.2) is 30.5 Å². The number of hydrogen-bond acceptors (Lipinski definition) is 5. The van der Waals surface area contributed by atoms with E-state index in [1.165, 1.54) is 11.6 Å². The normalized spacial score (nSPS) is 25.2. The minimum absolute atomic E-state index is 0.0267. The average Bonchev–Trinajstić information content (AvgIpc) is 3.68. The molecule has 2 N–H and O–H groups in total. The lowest BCUT2D eigenvalue weighted by atomic mass is 10.0. The molecule has 164 valence electrons. The number of carbonyl (C=O) groups excluding carboxylic acids is 1. The van der Waals surface area contributed by atoms with Crippen LogP contribution in [0.1, 0.15) is 49.1 Å². The third-order valence-corrected chi connectivity index (χ3v) is 7.01. The van der Waals surface area contributed by atoms with E-state index in [0.717, 1.165) is 49.2 Å². The van der Waals surface area contributed by atoms with Crippen LogP contribution in [0, 0.1) is 6.92 Å². The zero-order valence-corrected chi connectivity index (χ0v) is 18.4. The van der Waals surface area contributed by atoms with E-state index in [4.69, 9.17) is 11.6 Å². The number of nitrogens with zero attached hydrogens (tertiary/aromatic N) is 4. The lowest BCUT2D eigenvalue weighted by Gasteiger charge is -2.39. The molecule has 2 amide bonds. The van der Waals surface area contributed by atoms with Crippen LogP contribution >= 0.6 is 11.6 Å². The van der Waals surface area contributed by atoms with E-state index in [0.29, 0.717) is 24.5 Å². The van der Waals surface area contributed by atoms with E-state index in [1.807, 2.05) is 13.0 Å². The van der Waals surface area contributed by atoms with E-state index in [-0.39, 0.29) is 24.0 Å². The number of aromatic nitrogens is 2. The maximum Gasteiger partial charge on any atom is 0.318 e. The molecule has 0 bridgehead atoms. The molecule has 0 unspecified atom stereocenters. The summed E-state index contributed by atoms with van der Waals surface area (Å²) in [6.07, 6.45) is 6.62. The quantitative estimate of drug-likeness (QED) is 0.736. The Morgan fingerprint density at radius 1 is 1.26 bits per heavy atom. The highest BCUT2D eigenvalue weighted by Gasteiger charge is 2.44. The van der Waals surface area contributed by atoms with Gasteiger partial charge in [-0.3, -0.25) is 0 Å². The van der Waals surface area contributed by atoms with Crippen LogP contribution in [0.5, 0.6) is 5.88 Å². The van der Waals surface area contributed by atoms with Gasteiger partial charge in [0.05, 0.1) is 6.04 Å². The molecule has 1 saturated heterocycles. The van der Waals surface area contributed by atoms with Crippen LogP contribution in [-0.4, -0.2) is 57.2 Å². The minimum Gasteiger partial charge on any atom is -0.493 e. The molecule has 0 spiro atoms. The van der Waals surface area contributed by atoms with E-state index >= 15 is 0 Å². The standard InChI is InChI=1S/C23H28ClN5O2/c1-14-11-15(4-7-19(14)24)18-12-20(18)26-23(31)29(16-5-6-16)17-3-2-10-28(13-17)22-25-9-8-21(30)27-22/h4,7-9,11,16-18,20H,2-3,5-6,10,12-13H2,1H3,(H,26,31)(H,25,27,30)/t17-,18-,20+/m1/s1. The first kappa shape index (κ1) is 20.4. The smallest absolute Gasteiger partial charge is 0.318 e. The number of anilines is 1. The molecule has 5 rings (SSSR count). The first-order valence-electron chi connectivity index (χ1n) is 11.1. The fraction of sp³-hybridized carbons (Fsp3) is 0.522. The highest BCUT2D eigenvalue weighted by molar-refractivity contribution is 6.31. The van der Waals surface area contributed by atoms with Gasteiger partial charge in [-0.25, -0.2) is 9.78 Å². The molecule has 3 fully saturated rings. The second-order valence-electron chi connectivity index (χ2n) is 9.00. The largest absolute Gasteiger partial charge is 0.493 e. The van der Waals surface area contributed by atoms with Gasteiger partial charge in [-0.05, 0) is 56.2 Å². The maximum atomic E-state index is 13.3. The predicted molar refractivity (Wildman–Crippen MR) is 120 cm³/mol. The Balaban J connectivity index is 1.24. The summed E-state index contributed by atoms with van der Waals surface area (Å²) in [6, 6.07) is 8.30. The van der Waals surface area contributed by atoms with Crippen molar-refractivity contribution in [1.29, 1.82) is 0 Å². The molecule has 2 aliphatic carbocycles. The summed E-state index contributed by atoms with van der Waals surface area (Å²) in [5, 5.41) is 13.8. The Morgan fingerprint density at radius 3 is 2.84 bits per heavy atom. The number of piperidine rings is 1. The topological polar surface area (TPSA) is 81.6 Å². The Kier molecular flexibility index (Phi) is 5.38. The van der Waals surface area contributed by atoms with Crippen molar-refractivity contribution in [2.45, 2.75) is 63.1 Å². The molecule has 3 atom stereocenters. The number of aryl methyl sites for hydroxylation is 1. The maximum absolute atomic E-state index is 13.3. The number of benzene rings is 1. The van der Waals surface area contributed by atoms with Crippen molar-refractivity contribution in [3.05, 3.63) is 46.6 Å². The monoisotopic (exact) mass is 441 g/mol. The predicted octanol–water partition coefficient (Wildman–Crippen LogP) is 3.84. The van der Waals surface area contributed by atoms with Gasteiger partial charge in [-0.15, -0.1) is 0 Å². The fourth-order valence-corrected chi connectivity index (χ4v) is 4.81. The minimum atomic E-state index is -0.0267. The van der Waals surface area contributed by atoms with Crippen molar-refractivity contribution < 1.29 is 9.90 Å². The molecule has 31 heavy (non-hydrogen) atoms. The first-order chi connectivity index (χ1) is 15.0. The summed E-state index contributed by atoms with van der Waals surface area (Å²) in [7, 11) is 0. The van der Waals surface area contributed by atoms with Gasteiger partial charge in [0.15, 0.2) is 0 Å². The molecule has 1 aromatic carbocycles. The van der Waals surface area contributed by atoms with E-state index < -0.39 is 0 Å². The van der Waals surface area contributed by atoms with Gasteiger partial charge in [-0.1, -0.05) is 23.7 Å². The Hall–Kier alpha value is -2.54. The van der Waals surface area contributed by atoms with Crippen molar-refractivity contribution in [1.82, 2.24) is 20.2 Å². The molecule has 0 radical (unpaired) electrons. The molecule has 8 heteroatoms. The number of urea groups is 1. The zero-order valence-electron chi connectivity index (χ0n) is 17.7. The number of halogens is 1. The average molecular weight is 442 g/mol. The van der Waals surface area contributed by atoms with Crippen LogP contribution in [0.25, 0.3) is 0 Å². The van der Waals surface area contributed by atoms with Gasteiger partial charge >= 0.3 is 6.03 Å². The number of hydrogen-bond donors (Lipinski definition) is 2. The third kappa shape index (κ3) is 4.42. The summed E-state index contributed by atoms with van der Waals surface area (Å²) < 4.78 is 0. The molecular formula is C23H28ClN5O2. The lowest BCUT2D eigenvalue weighted by Crippen LogP contribution is -2.54. The molecule has 3 aliphatic rings. The van der Waals surface area contributed by atoms with Crippen molar-refractivity contribution in [2.24, 2.45) is 0 Å². The summed E-state index contributed by atoms with van der Waals surface area (Å²) in [4.78, 5) is 25.9. The summed E-state index contributed by atoms with van der Waals surface area (Å²) >= 11 is 6.16. The number of nitrogens with one attached hydrogen (secondary N) is 1. The highest BCUT2D eigenvalue weighted by Crippen LogP contribution is 2.42. The van der Waals surface area contributed by atoms with Crippen molar-refractivity contribution in [2.75, 3.05) is 18.0 Å². The Morgan fingerprint density at radius 2 is 2.10 bits per heavy atom. The van der Waals surface area contributed by atoms with Crippen LogP contribution in [0.3, 0.4) is 0 Å². The van der Waals surface area contributed by atoms with Crippen molar-refractivity contribution in [3.8, 4) is 5.88 Å². The highest BCUT2D eigenvalue weighted by atomic mass is 35.5. The van der Waals surface area contributed by atoms with Gasteiger partial charge in [0, 0.05) is 48.4 Å². The van der Waals surface area contributed by atoms with Gasteiger partial charge in [-0.2, -0.15) is 4.98 Å². The number of amides is 2. The zero-order chi connectivity index (χ0) is 21.5. The Bertz CT molecular complexity index is 982. The molecule has 2 saturated carbocycles. The van der Waals surface area contributed by atoms with Crippen LogP contribution < -0.4 is 10.2 Å². The van der Waals surface area contributed by atoms with Crippen LogP contribution in [0.2, 0.25) is 5.02 Å². The van der Waals surface area contributed by atoms with E-state index in [1.54, 1.807) is 6.20 Å². The molecule has 1 aliphatic heterocycles. The molecular weight excluding hydrogens is 414 g/mol. The van der Waals surface area contributed by atoms with Gasteiger partial charge in [0.1, 0.15) is 0 Å². The summed E-state index contributed by atoms with van der Waals surface area (Å²) in [6.45, 7) is 3.54. The van der Waals surface area contributed by atoms with E-state index in [9.17, 15) is 9.90 Å². The fourth-order valence-electron chi connectivity index (χ4n) is 4.69. The van der Waals surface area contributed by atoms with Crippen molar-refractivity contribution in [3.63, 3.8) is 0 Å². The summed E-state index contributed by atoms with van der Waals surface area (Å²) in [5.41, 5.74) is 2.32. The molecule has 2 heterocycles. The molecule has 2 aromatic rings. The Labute approximate surface area is 187 Å². The molecule has 1 aromatic heterocycles. The van der Waals surface area contributed by atoms with Gasteiger partial charge < -0.3 is 20.2 Å². The van der Waals surface area contributed by atoms with E-state index in [2.05, 4.69) is 37.2 Å². The second-order valence-corrected chi connectivity index (χ2v) is 9.41. The third-order valence-electron chi connectivity index (χ3n) is 6.59. The summed E-state index contributed by atoms with van der Waals surface area (Å²) in [5.74, 6) is 0.867. The van der Waals surface area contributed by atoms with Crippen molar-refractivity contribution >= 4 is 23.6 Å². The SMILES string of the molecule is Cc1cc([C@H]2C[C@@H]2NC(=O)N(C2CC2)[C@@H]2CCCN(c3nccc(O)n3)C2)ccc1Cl. The first-order valence-corrected chi connectivity index (χ1v) is 11.5. The van der Waals surface area contributed by atoms with Gasteiger partial charge in [0.2, 0.25) is 11.8 Å². The number of rotatable bonds is 5. The van der Waals surface area contributed by atoms with Gasteiger partial charge in [0.25, 0.3) is 0 Å². The number of carbonyl (C=O) groups is 1. The van der Waals surface area contributed by atoms with Crippen LogP contribution in [-0.2, 0) is 0 Å². The molecule has 7 nitrogen and oxygen atoms in total. The number of aromatic hydroxyl groups is 1. The van der Waals surface area contributed by atoms with Crippen LogP contribution in [0.4, 0.5) is 10.7 Å². The second kappa shape index (κ2) is 8.19. The lowest BCUT2D eigenvalue weighted by molar-refractivity contribution is 0.160.